The molecule has 0 aromatic carbocycles. The smallest absolute Gasteiger partial charge is 0.0496 e. The standard InChI is InChI=1S/C13H27NO2/c1-4-12(2,11-15)9-14-10-13(3)5-7-16-8-6-13/h14-15H,4-11H2,1-3H3. The summed E-state index contributed by atoms with van der Waals surface area (Å²) in [5.74, 6) is 0. The summed E-state index contributed by atoms with van der Waals surface area (Å²) in [5, 5.41) is 12.8. The summed E-state index contributed by atoms with van der Waals surface area (Å²) in [5.41, 5.74) is 0.407. The molecule has 0 spiro atoms. The Kier molecular flexibility index (Phi) is 5.22. The third-order valence-electron chi connectivity index (χ3n) is 4.04. The van der Waals surface area contributed by atoms with Gasteiger partial charge >= 0.3 is 0 Å². The average Bonchev–Trinajstić information content (AvgIpc) is 2.29. The van der Waals surface area contributed by atoms with Crippen LogP contribution >= 0.6 is 0 Å². The summed E-state index contributed by atoms with van der Waals surface area (Å²) >= 11 is 0. The zero-order valence-electron chi connectivity index (χ0n) is 11.0. The number of aliphatic hydroxyl groups is 1. The molecule has 1 fully saturated rings. The van der Waals surface area contributed by atoms with E-state index in [0.717, 1.165) is 45.6 Å². The van der Waals surface area contributed by atoms with Gasteiger partial charge in [0.15, 0.2) is 0 Å². The second-order valence-corrected chi connectivity index (χ2v) is 5.85. The molecule has 0 aliphatic carbocycles. The third kappa shape index (κ3) is 4.04. The van der Waals surface area contributed by atoms with Crippen molar-refractivity contribution >= 4 is 0 Å². The lowest BCUT2D eigenvalue weighted by Gasteiger charge is -2.35. The van der Waals surface area contributed by atoms with E-state index in [2.05, 4.69) is 26.1 Å². The Balaban J connectivity index is 2.28. The van der Waals surface area contributed by atoms with E-state index in [1.807, 2.05) is 0 Å². The predicted molar refractivity (Wildman–Crippen MR) is 66.5 cm³/mol. The minimum Gasteiger partial charge on any atom is -0.396 e. The summed E-state index contributed by atoms with van der Waals surface area (Å²) in [6, 6.07) is 0. The van der Waals surface area contributed by atoms with Crippen LogP contribution in [0.1, 0.15) is 40.0 Å². The number of rotatable bonds is 6. The first-order valence-corrected chi connectivity index (χ1v) is 6.43. The number of ether oxygens (including phenoxy) is 1. The highest BCUT2D eigenvalue weighted by molar-refractivity contribution is 4.82. The zero-order valence-corrected chi connectivity index (χ0v) is 11.0. The summed E-state index contributed by atoms with van der Waals surface area (Å²) in [6.07, 6.45) is 3.29. The van der Waals surface area contributed by atoms with E-state index in [4.69, 9.17) is 4.74 Å². The highest BCUT2D eigenvalue weighted by atomic mass is 16.5. The maximum Gasteiger partial charge on any atom is 0.0496 e. The van der Waals surface area contributed by atoms with Crippen LogP contribution in [0.25, 0.3) is 0 Å². The van der Waals surface area contributed by atoms with E-state index in [-0.39, 0.29) is 12.0 Å². The molecule has 16 heavy (non-hydrogen) atoms. The van der Waals surface area contributed by atoms with Crippen molar-refractivity contribution in [3.63, 3.8) is 0 Å². The van der Waals surface area contributed by atoms with Crippen LogP contribution in [0, 0.1) is 10.8 Å². The first-order valence-electron chi connectivity index (χ1n) is 6.43. The molecular weight excluding hydrogens is 202 g/mol. The minimum atomic E-state index is 0.0293. The topological polar surface area (TPSA) is 41.5 Å². The summed E-state index contributed by atoms with van der Waals surface area (Å²) in [4.78, 5) is 0. The second kappa shape index (κ2) is 5.99. The molecule has 0 amide bonds. The van der Waals surface area contributed by atoms with Gasteiger partial charge in [0.2, 0.25) is 0 Å². The molecule has 1 atom stereocenters. The molecule has 1 rings (SSSR count). The quantitative estimate of drug-likeness (QED) is 0.730. The molecule has 1 aliphatic heterocycles. The van der Waals surface area contributed by atoms with Gasteiger partial charge in [0.1, 0.15) is 0 Å². The molecule has 0 aromatic heterocycles. The first kappa shape index (κ1) is 13.9. The fourth-order valence-corrected chi connectivity index (χ4v) is 2.00. The van der Waals surface area contributed by atoms with Crippen LogP contribution in [0.3, 0.4) is 0 Å². The Hall–Kier alpha value is -0.120. The summed E-state index contributed by atoms with van der Waals surface area (Å²) < 4.78 is 5.39. The Bertz CT molecular complexity index is 196. The van der Waals surface area contributed by atoms with Crippen molar-refractivity contribution in [3.8, 4) is 0 Å². The highest BCUT2D eigenvalue weighted by Crippen LogP contribution is 2.29. The summed E-state index contributed by atoms with van der Waals surface area (Å²) in [7, 11) is 0. The van der Waals surface area contributed by atoms with E-state index in [9.17, 15) is 5.11 Å². The molecular formula is C13H27NO2. The molecule has 2 N–H and O–H groups in total. The van der Waals surface area contributed by atoms with Crippen LogP contribution in [0.15, 0.2) is 0 Å². The van der Waals surface area contributed by atoms with E-state index in [0.29, 0.717) is 5.41 Å². The normalized spacial score (nSPS) is 24.0. The molecule has 0 radical (unpaired) electrons. The van der Waals surface area contributed by atoms with E-state index < -0.39 is 0 Å². The zero-order chi connectivity index (χ0) is 12.1. The lowest BCUT2D eigenvalue weighted by Crippen LogP contribution is -2.42. The van der Waals surface area contributed by atoms with Crippen molar-refractivity contribution < 1.29 is 9.84 Å². The van der Waals surface area contributed by atoms with Crippen molar-refractivity contribution in [1.82, 2.24) is 5.32 Å². The molecule has 1 heterocycles. The van der Waals surface area contributed by atoms with Gasteiger partial charge in [0.25, 0.3) is 0 Å². The van der Waals surface area contributed by atoms with Crippen LogP contribution < -0.4 is 5.32 Å². The predicted octanol–water partition coefficient (Wildman–Crippen LogP) is 1.80. The van der Waals surface area contributed by atoms with Crippen molar-refractivity contribution in [1.29, 1.82) is 0 Å². The maximum atomic E-state index is 9.33. The van der Waals surface area contributed by atoms with Gasteiger partial charge in [-0.05, 0) is 24.7 Å². The van der Waals surface area contributed by atoms with Crippen LogP contribution in [0.2, 0.25) is 0 Å². The average molecular weight is 229 g/mol. The molecule has 3 heteroatoms. The Morgan fingerprint density at radius 3 is 2.50 bits per heavy atom. The molecule has 1 unspecified atom stereocenters. The van der Waals surface area contributed by atoms with Crippen LogP contribution in [-0.4, -0.2) is 38.0 Å². The highest BCUT2D eigenvalue weighted by Gasteiger charge is 2.28. The van der Waals surface area contributed by atoms with Crippen molar-refractivity contribution in [3.05, 3.63) is 0 Å². The van der Waals surface area contributed by atoms with Gasteiger partial charge in [-0.25, -0.2) is 0 Å². The second-order valence-electron chi connectivity index (χ2n) is 5.85. The lowest BCUT2D eigenvalue weighted by atomic mass is 9.81. The fourth-order valence-electron chi connectivity index (χ4n) is 2.00. The van der Waals surface area contributed by atoms with Crippen molar-refractivity contribution in [2.24, 2.45) is 10.8 Å². The van der Waals surface area contributed by atoms with E-state index in [1.165, 1.54) is 0 Å². The molecule has 96 valence electrons. The van der Waals surface area contributed by atoms with Crippen LogP contribution in [-0.2, 0) is 4.74 Å². The Labute approximate surface area is 99.6 Å². The van der Waals surface area contributed by atoms with Gasteiger partial charge in [-0.3, -0.25) is 0 Å². The van der Waals surface area contributed by atoms with Crippen LogP contribution in [0.4, 0.5) is 0 Å². The largest absolute Gasteiger partial charge is 0.396 e. The SMILES string of the molecule is CCC(C)(CO)CNCC1(C)CCOCC1. The first-order chi connectivity index (χ1) is 7.54. The molecule has 1 saturated heterocycles. The molecule has 1 aliphatic rings. The van der Waals surface area contributed by atoms with E-state index in [1.54, 1.807) is 0 Å². The van der Waals surface area contributed by atoms with Gasteiger partial charge in [0.05, 0.1) is 0 Å². The van der Waals surface area contributed by atoms with Gasteiger partial charge in [-0.1, -0.05) is 20.8 Å². The molecule has 0 aromatic rings. The monoisotopic (exact) mass is 229 g/mol. The van der Waals surface area contributed by atoms with Gasteiger partial charge in [-0.2, -0.15) is 0 Å². The molecule has 0 saturated carbocycles. The third-order valence-corrected chi connectivity index (χ3v) is 4.04. The van der Waals surface area contributed by atoms with Gasteiger partial charge in [0, 0.05) is 38.3 Å². The summed E-state index contributed by atoms with van der Waals surface area (Å²) in [6.45, 7) is 10.6. The fraction of sp³-hybridized carbons (Fsp3) is 1.00. The number of nitrogens with one attached hydrogen (secondary N) is 1. The minimum absolute atomic E-state index is 0.0293. The van der Waals surface area contributed by atoms with Gasteiger partial charge < -0.3 is 15.2 Å². The number of hydrogen-bond acceptors (Lipinski definition) is 3. The Morgan fingerprint density at radius 1 is 1.38 bits per heavy atom. The number of aliphatic hydroxyl groups excluding tert-OH is 1. The lowest BCUT2D eigenvalue weighted by molar-refractivity contribution is 0.0218. The molecule has 3 nitrogen and oxygen atoms in total. The maximum absolute atomic E-state index is 9.33. The van der Waals surface area contributed by atoms with Crippen molar-refractivity contribution in [2.45, 2.75) is 40.0 Å². The van der Waals surface area contributed by atoms with Crippen LogP contribution in [0.5, 0.6) is 0 Å². The number of hydrogen-bond donors (Lipinski definition) is 2. The Morgan fingerprint density at radius 2 is 2.00 bits per heavy atom. The van der Waals surface area contributed by atoms with Gasteiger partial charge in [-0.15, -0.1) is 0 Å². The van der Waals surface area contributed by atoms with E-state index >= 15 is 0 Å². The van der Waals surface area contributed by atoms with Crippen molar-refractivity contribution in [2.75, 3.05) is 32.9 Å². The molecule has 0 bridgehead atoms.